The van der Waals surface area contributed by atoms with Gasteiger partial charge in [0, 0.05) is 18.8 Å². The summed E-state index contributed by atoms with van der Waals surface area (Å²) in [7, 11) is 0. The lowest BCUT2D eigenvalue weighted by Gasteiger charge is -2.18. The van der Waals surface area contributed by atoms with Gasteiger partial charge in [-0.25, -0.2) is 0 Å². The van der Waals surface area contributed by atoms with Crippen molar-refractivity contribution in [2.75, 3.05) is 13.1 Å². The molecule has 0 amide bonds. The average Bonchev–Trinajstić information content (AvgIpc) is 2.20. The Labute approximate surface area is 78.7 Å². The third-order valence-electron chi connectivity index (χ3n) is 2.31. The highest BCUT2D eigenvalue weighted by atomic mass is 14.9. The van der Waals surface area contributed by atoms with Crippen LogP contribution in [0.3, 0.4) is 0 Å². The van der Waals surface area contributed by atoms with Gasteiger partial charge in [-0.3, -0.25) is 0 Å². The summed E-state index contributed by atoms with van der Waals surface area (Å²) in [5, 5.41) is 6.53. The Kier molecular flexibility index (Phi) is 2.21. The fourth-order valence-corrected chi connectivity index (χ4v) is 1.48. The first kappa shape index (κ1) is 8.17. The first-order valence-electron chi connectivity index (χ1n) is 4.57. The van der Waals surface area contributed by atoms with E-state index in [-0.39, 0.29) is 0 Å². The van der Waals surface area contributed by atoms with Crippen LogP contribution in [0.5, 0.6) is 0 Å². The molecular formula is C11H14N2. The van der Waals surface area contributed by atoms with Crippen LogP contribution in [0.15, 0.2) is 47.3 Å². The molecule has 0 unspecified atom stereocenters. The smallest absolute Gasteiger partial charge is 0.0401 e. The predicted octanol–water partition coefficient (Wildman–Crippen LogP) is 1.46. The van der Waals surface area contributed by atoms with Gasteiger partial charge < -0.3 is 10.6 Å². The number of dihydropyridines is 2. The van der Waals surface area contributed by atoms with Crippen molar-refractivity contribution in [2.24, 2.45) is 0 Å². The van der Waals surface area contributed by atoms with Crippen LogP contribution < -0.4 is 10.6 Å². The third kappa shape index (κ3) is 1.83. The molecule has 0 saturated carbocycles. The molecule has 0 spiro atoms. The quantitative estimate of drug-likeness (QED) is 0.629. The molecule has 0 atom stereocenters. The molecule has 13 heavy (non-hydrogen) atoms. The Morgan fingerprint density at radius 1 is 1.08 bits per heavy atom. The van der Waals surface area contributed by atoms with Crippen molar-refractivity contribution in [3.05, 3.63) is 47.3 Å². The average molecular weight is 174 g/mol. The lowest BCUT2D eigenvalue weighted by molar-refractivity contribution is 0.832. The Balaban J connectivity index is 2.17. The van der Waals surface area contributed by atoms with Crippen LogP contribution in [0.2, 0.25) is 0 Å². The molecule has 2 heterocycles. The van der Waals surface area contributed by atoms with Crippen molar-refractivity contribution in [1.82, 2.24) is 10.6 Å². The van der Waals surface area contributed by atoms with Gasteiger partial charge >= 0.3 is 0 Å². The van der Waals surface area contributed by atoms with Crippen molar-refractivity contribution in [1.29, 1.82) is 0 Å². The highest BCUT2D eigenvalue weighted by molar-refractivity contribution is 5.42. The van der Waals surface area contributed by atoms with Crippen molar-refractivity contribution in [2.45, 2.75) is 6.92 Å². The first-order chi connectivity index (χ1) is 6.36. The molecule has 0 aromatic heterocycles. The monoisotopic (exact) mass is 174 g/mol. The Morgan fingerprint density at radius 3 is 2.54 bits per heavy atom. The lowest BCUT2D eigenvalue weighted by Crippen LogP contribution is -2.23. The summed E-state index contributed by atoms with van der Waals surface area (Å²) in [5.41, 5.74) is 3.99. The zero-order valence-corrected chi connectivity index (χ0v) is 7.80. The molecule has 2 nitrogen and oxygen atoms in total. The molecular weight excluding hydrogens is 160 g/mol. The highest BCUT2D eigenvalue weighted by Gasteiger charge is 2.07. The Bertz CT molecular complexity index is 319. The predicted molar refractivity (Wildman–Crippen MR) is 55.1 cm³/mol. The van der Waals surface area contributed by atoms with E-state index in [1.165, 1.54) is 16.8 Å². The molecule has 0 aromatic rings. The zero-order chi connectivity index (χ0) is 9.10. The Morgan fingerprint density at radius 2 is 1.92 bits per heavy atom. The second-order valence-electron chi connectivity index (χ2n) is 3.33. The van der Waals surface area contributed by atoms with Gasteiger partial charge in [-0.2, -0.15) is 0 Å². The van der Waals surface area contributed by atoms with Gasteiger partial charge in [0.15, 0.2) is 0 Å². The molecule has 2 aliphatic heterocycles. The van der Waals surface area contributed by atoms with Crippen molar-refractivity contribution in [3.63, 3.8) is 0 Å². The second kappa shape index (κ2) is 3.52. The van der Waals surface area contributed by atoms with E-state index in [0.717, 1.165) is 13.1 Å². The van der Waals surface area contributed by atoms with Crippen LogP contribution in [0.4, 0.5) is 0 Å². The number of rotatable bonds is 1. The molecule has 0 aromatic carbocycles. The summed E-state index contributed by atoms with van der Waals surface area (Å²) in [6, 6.07) is 0. The fourth-order valence-electron chi connectivity index (χ4n) is 1.48. The minimum absolute atomic E-state index is 0.941. The summed E-state index contributed by atoms with van der Waals surface area (Å²) >= 11 is 0. The zero-order valence-electron chi connectivity index (χ0n) is 7.80. The maximum absolute atomic E-state index is 3.33. The normalized spacial score (nSPS) is 20.8. The molecule has 2 rings (SSSR count). The fraction of sp³-hybridized carbons (Fsp3) is 0.273. The summed E-state index contributed by atoms with van der Waals surface area (Å²) in [6.07, 6.45) is 10.5. The van der Waals surface area contributed by atoms with E-state index in [4.69, 9.17) is 0 Å². The third-order valence-corrected chi connectivity index (χ3v) is 2.31. The molecule has 0 fully saturated rings. The topological polar surface area (TPSA) is 24.1 Å². The highest BCUT2D eigenvalue weighted by Crippen LogP contribution is 2.14. The SMILES string of the molecule is CC1=CC=C(C2=CC=CNC2)CN1. The number of nitrogens with one attached hydrogen (secondary N) is 2. The van der Waals surface area contributed by atoms with Crippen molar-refractivity contribution < 1.29 is 0 Å². The van der Waals surface area contributed by atoms with Crippen LogP contribution in [0.1, 0.15) is 6.92 Å². The maximum atomic E-state index is 3.33. The van der Waals surface area contributed by atoms with Gasteiger partial charge in [0.05, 0.1) is 0 Å². The van der Waals surface area contributed by atoms with Gasteiger partial charge in [0.2, 0.25) is 0 Å². The molecule has 0 radical (unpaired) electrons. The minimum atomic E-state index is 0.941. The van der Waals surface area contributed by atoms with Gasteiger partial charge in [-0.05, 0) is 36.4 Å². The van der Waals surface area contributed by atoms with Gasteiger partial charge in [-0.15, -0.1) is 0 Å². The summed E-state index contributed by atoms with van der Waals surface area (Å²) in [5.74, 6) is 0. The summed E-state index contributed by atoms with van der Waals surface area (Å²) in [4.78, 5) is 0. The van der Waals surface area contributed by atoms with Crippen LogP contribution >= 0.6 is 0 Å². The van der Waals surface area contributed by atoms with Crippen LogP contribution in [-0.4, -0.2) is 13.1 Å². The Hall–Kier alpha value is -1.44. The van der Waals surface area contributed by atoms with E-state index in [1.54, 1.807) is 0 Å². The number of hydrogen-bond donors (Lipinski definition) is 2. The van der Waals surface area contributed by atoms with Gasteiger partial charge in [0.1, 0.15) is 0 Å². The van der Waals surface area contributed by atoms with Crippen molar-refractivity contribution in [3.8, 4) is 0 Å². The molecule has 2 aliphatic rings. The lowest BCUT2D eigenvalue weighted by atomic mass is 10.0. The van der Waals surface area contributed by atoms with E-state index < -0.39 is 0 Å². The van der Waals surface area contributed by atoms with E-state index in [2.05, 4.69) is 35.8 Å². The summed E-state index contributed by atoms with van der Waals surface area (Å²) in [6.45, 7) is 3.97. The van der Waals surface area contributed by atoms with Crippen LogP contribution in [0, 0.1) is 0 Å². The number of allylic oxidation sites excluding steroid dienone is 5. The molecule has 2 heteroatoms. The van der Waals surface area contributed by atoms with E-state index in [1.807, 2.05) is 12.3 Å². The molecule has 0 bridgehead atoms. The molecule has 0 saturated heterocycles. The maximum Gasteiger partial charge on any atom is 0.0401 e. The molecule has 68 valence electrons. The van der Waals surface area contributed by atoms with E-state index >= 15 is 0 Å². The first-order valence-corrected chi connectivity index (χ1v) is 4.57. The molecule has 0 aliphatic carbocycles. The van der Waals surface area contributed by atoms with Crippen LogP contribution in [-0.2, 0) is 0 Å². The largest absolute Gasteiger partial charge is 0.387 e. The number of hydrogen-bond acceptors (Lipinski definition) is 2. The van der Waals surface area contributed by atoms with E-state index in [9.17, 15) is 0 Å². The van der Waals surface area contributed by atoms with Gasteiger partial charge in [0.25, 0.3) is 0 Å². The van der Waals surface area contributed by atoms with E-state index in [0.29, 0.717) is 0 Å². The van der Waals surface area contributed by atoms with Crippen LogP contribution in [0.25, 0.3) is 0 Å². The minimum Gasteiger partial charge on any atom is -0.387 e. The second-order valence-corrected chi connectivity index (χ2v) is 3.33. The summed E-state index contributed by atoms with van der Waals surface area (Å²) < 4.78 is 0. The standard InChI is InChI=1S/C11H14N2/c1-9-4-5-11(8-13-9)10-3-2-6-12-7-10/h2-6,12-13H,7-8H2,1H3. The van der Waals surface area contributed by atoms with Crippen molar-refractivity contribution >= 4 is 0 Å². The van der Waals surface area contributed by atoms with Gasteiger partial charge in [-0.1, -0.05) is 12.2 Å². The molecule has 2 N–H and O–H groups in total.